The van der Waals surface area contributed by atoms with Crippen molar-refractivity contribution < 1.29 is 9.59 Å². The Kier molecular flexibility index (Phi) is 4.01. The van der Waals surface area contributed by atoms with Gasteiger partial charge in [-0.25, -0.2) is 4.98 Å². The maximum absolute atomic E-state index is 11.9. The van der Waals surface area contributed by atoms with Crippen molar-refractivity contribution in [3.05, 3.63) is 11.1 Å². The molecule has 17 heavy (non-hydrogen) atoms. The molecule has 0 saturated carbocycles. The van der Waals surface area contributed by atoms with Crippen molar-refractivity contribution in [1.29, 1.82) is 0 Å². The standard InChI is InChI=1S/C10H13N3O2S2/c1-6-4-11-10(17-6)13-9(15)7-5-16-3-2-8(14)12-7/h4,7H,2-3,5H2,1H3,(H,12,14)(H,11,13,15). The van der Waals surface area contributed by atoms with Gasteiger partial charge in [0.2, 0.25) is 11.8 Å². The molecule has 2 rings (SSSR count). The summed E-state index contributed by atoms with van der Waals surface area (Å²) in [4.78, 5) is 28.3. The van der Waals surface area contributed by atoms with E-state index in [0.717, 1.165) is 10.6 Å². The smallest absolute Gasteiger partial charge is 0.249 e. The SMILES string of the molecule is Cc1cnc(NC(=O)C2CSCCC(=O)N2)s1. The van der Waals surface area contributed by atoms with E-state index in [-0.39, 0.29) is 11.8 Å². The Bertz CT molecular complexity index is 433. The third-order valence-corrected chi connectivity index (χ3v) is 4.15. The average molecular weight is 271 g/mol. The second-order valence-electron chi connectivity index (χ2n) is 3.71. The van der Waals surface area contributed by atoms with Crippen molar-refractivity contribution in [2.75, 3.05) is 16.8 Å². The van der Waals surface area contributed by atoms with Crippen LogP contribution in [-0.2, 0) is 9.59 Å². The van der Waals surface area contributed by atoms with E-state index in [1.165, 1.54) is 11.3 Å². The summed E-state index contributed by atoms with van der Waals surface area (Å²) in [5.41, 5.74) is 0. The molecule has 0 aliphatic carbocycles. The van der Waals surface area contributed by atoms with Crippen LogP contribution in [0.5, 0.6) is 0 Å². The van der Waals surface area contributed by atoms with E-state index >= 15 is 0 Å². The highest BCUT2D eigenvalue weighted by molar-refractivity contribution is 7.99. The first-order valence-corrected chi connectivity index (χ1v) is 7.22. The van der Waals surface area contributed by atoms with Crippen LogP contribution in [0.15, 0.2) is 6.20 Å². The fraction of sp³-hybridized carbons (Fsp3) is 0.500. The maximum Gasteiger partial charge on any atom is 0.249 e. The van der Waals surface area contributed by atoms with Crippen molar-refractivity contribution >= 4 is 40.0 Å². The van der Waals surface area contributed by atoms with E-state index in [0.29, 0.717) is 17.3 Å². The number of thioether (sulfide) groups is 1. The average Bonchev–Trinajstić information content (AvgIpc) is 2.56. The Morgan fingerprint density at radius 3 is 3.18 bits per heavy atom. The molecular formula is C10H13N3O2S2. The molecule has 1 aromatic rings. The van der Waals surface area contributed by atoms with Gasteiger partial charge in [-0.1, -0.05) is 0 Å². The number of amides is 2. The minimum Gasteiger partial charge on any atom is -0.343 e. The van der Waals surface area contributed by atoms with Gasteiger partial charge in [0.05, 0.1) is 0 Å². The molecule has 2 heterocycles. The molecule has 1 saturated heterocycles. The van der Waals surface area contributed by atoms with Crippen LogP contribution in [0.2, 0.25) is 0 Å². The van der Waals surface area contributed by atoms with Crippen molar-refractivity contribution in [2.24, 2.45) is 0 Å². The van der Waals surface area contributed by atoms with Crippen LogP contribution in [0.1, 0.15) is 11.3 Å². The van der Waals surface area contributed by atoms with Gasteiger partial charge in [0.1, 0.15) is 6.04 Å². The number of hydrogen-bond donors (Lipinski definition) is 2. The third-order valence-electron chi connectivity index (χ3n) is 2.26. The summed E-state index contributed by atoms with van der Waals surface area (Å²) in [6.45, 7) is 1.93. The molecule has 1 aliphatic rings. The topological polar surface area (TPSA) is 71.1 Å². The zero-order valence-electron chi connectivity index (χ0n) is 9.36. The van der Waals surface area contributed by atoms with Gasteiger partial charge in [-0.2, -0.15) is 11.8 Å². The van der Waals surface area contributed by atoms with Crippen molar-refractivity contribution in [1.82, 2.24) is 10.3 Å². The molecule has 92 valence electrons. The fourth-order valence-electron chi connectivity index (χ4n) is 1.42. The van der Waals surface area contributed by atoms with Crippen molar-refractivity contribution in [3.63, 3.8) is 0 Å². The second kappa shape index (κ2) is 5.50. The van der Waals surface area contributed by atoms with E-state index in [1.54, 1.807) is 18.0 Å². The number of carbonyl (C=O) groups is 2. The first kappa shape index (κ1) is 12.4. The lowest BCUT2D eigenvalue weighted by Gasteiger charge is -2.13. The van der Waals surface area contributed by atoms with Gasteiger partial charge in [-0.05, 0) is 6.92 Å². The molecule has 1 aromatic heterocycles. The highest BCUT2D eigenvalue weighted by atomic mass is 32.2. The monoisotopic (exact) mass is 271 g/mol. The fourth-order valence-corrected chi connectivity index (χ4v) is 3.05. The zero-order valence-corrected chi connectivity index (χ0v) is 11.0. The molecule has 2 N–H and O–H groups in total. The number of aryl methyl sites for hydroxylation is 1. The Labute approximate surface area is 107 Å². The molecule has 0 spiro atoms. The van der Waals surface area contributed by atoms with Crippen LogP contribution in [0.3, 0.4) is 0 Å². The Hall–Kier alpha value is -1.08. The predicted molar refractivity (Wildman–Crippen MR) is 69.4 cm³/mol. The van der Waals surface area contributed by atoms with Crippen LogP contribution in [0, 0.1) is 6.92 Å². The molecule has 0 radical (unpaired) electrons. The summed E-state index contributed by atoms with van der Waals surface area (Å²) in [5, 5.41) is 6.01. The van der Waals surface area contributed by atoms with E-state index in [2.05, 4.69) is 15.6 Å². The van der Waals surface area contributed by atoms with E-state index < -0.39 is 6.04 Å². The molecule has 2 amide bonds. The Balaban J connectivity index is 1.96. The number of thiazole rings is 1. The van der Waals surface area contributed by atoms with Crippen molar-refractivity contribution in [2.45, 2.75) is 19.4 Å². The highest BCUT2D eigenvalue weighted by Crippen LogP contribution is 2.17. The summed E-state index contributed by atoms with van der Waals surface area (Å²) in [6.07, 6.45) is 2.19. The normalized spacial score (nSPS) is 20.5. The Morgan fingerprint density at radius 2 is 2.47 bits per heavy atom. The summed E-state index contributed by atoms with van der Waals surface area (Å²) in [7, 11) is 0. The van der Waals surface area contributed by atoms with Crippen molar-refractivity contribution in [3.8, 4) is 0 Å². The van der Waals surface area contributed by atoms with Gasteiger partial charge in [-0.3, -0.25) is 9.59 Å². The molecule has 5 nitrogen and oxygen atoms in total. The number of anilines is 1. The lowest BCUT2D eigenvalue weighted by Crippen LogP contribution is -2.44. The highest BCUT2D eigenvalue weighted by Gasteiger charge is 2.23. The molecule has 0 aromatic carbocycles. The molecule has 1 aliphatic heterocycles. The number of aromatic nitrogens is 1. The number of nitrogens with zero attached hydrogens (tertiary/aromatic N) is 1. The molecule has 1 unspecified atom stereocenters. The first-order chi connectivity index (χ1) is 8.15. The summed E-state index contributed by atoms with van der Waals surface area (Å²) < 4.78 is 0. The Morgan fingerprint density at radius 1 is 1.65 bits per heavy atom. The maximum atomic E-state index is 11.9. The summed E-state index contributed by atoms with van der Waals surface area (Å²) >= 11 is 3.03. The van der Waals surface area contributed by atoms with Crippen LogP contribution in [-0.4, -0.2) is 34.3 Å². The van der Waals surface area contributed by atoms with Crippen LogP contribution < -0.4 is 10.6 Å². The molecular weight excluding hydrogens is 258 g/mol. The quantitative estimate of drug-likeness (QED) is 0.842. The van der Waals surface area contributed by atoms with Gasteiger partial charge in [-0.15, -0.1) is 11.3 Å². The van der Waals surface area contributed by atoms with E-state index in [4.69, 9.17) is 0 Å². The first-order valence-electron chi connectivity index (χ1n) is 5.25. The lowest BCUT2D eigenvalue weighted by molar-refractivity contribution is -0.125. The molecule has 0 bridgehead atoms. The van der Waals surface area contributed by atoms with E-state index in [9.17, 15) is 9.59 Å². The number of hydrogen-bond acceptors (Lipinski definition) is 5. The lowest BCUT2D eigenvalue weighted by atomic mass is 10.3. The third kappa shape index (κ3) is 3.44. The predicted octanol–water partition coefficient (Wildman–Crippen LogP) is 1.01. The minimum absolute atomic E-state index is 0.0644. The minimum atomic E-state index is -0.459. The number of rotatable bonds is 2. The van der Waals surface area contributed by atoms with E-state index in [1.807, 2.05) is 6.92 Å². The van der Waals surface area contributed by atoms with Crippen LogP contribution >= 0.6 is 23.1 Å². The van der Waals surface area contributed by atoms with Crippen LogP contribution in [0.25, 0.3) is 0 Å². The van der Waals surface area contributed by atoms with Gasteiger partial charge in [0.25, 0.3) is 0 Å². The van der Waals surface area contributed by atoms with Crippen LogP contribution in [0.4, 0.5) is 5.13 Å². The molecule has 7 heteroatoms. The molecule has 1 fully saturated rings. The zero-order chi connectivity index (χ0) is 12.3. The van der Waals surface area contributed by atoms with Gasteiger partial charge >= 0.3 is 0 Å². The largest absolute Gasteiger partial charge is 0.343 e. The summed E-state index contributed by atoms with van der Waals surface area (Å²) in [5.74, 6) is 1.13. The van der Waals surface area contributed by atoms with Gasteiger partial charge in [0, 0.05) is 29.0 Å². The van der Waals surface area contributed by atoms with Gasteiger partial charge in [0.15, 0.2) is 5.13 Å². The van der Waals surface area contributed by atoms with Gasteiger partial charge < -0.3 is 10.6 Å². The molecule has 1 atom stereocenters. The second-order valence-corrected chi connectivity index (χ2v) is 6.09. The number of nitrogens with one attached hydrogen (secondary N) is 2. The summed E-state index contributed by atoms with van der Waals surface area (Å²) in [6, 6.07) is -0.459. The number of carbonyl (C=O) groups excluding carboxylic acids is 2.